The van der Waals surface area contributed by atoms with E-state index < -0.39 is 28.1 Å². The summed E-state index contributed by atoms with van der Waals surface area (Å²) in [5.41, 5.74) is 2.40. The Bertz CT molecular complexity index is 1520. The number of carbonyl (C=O) groups is 2. The first kappa shape index (κ1) is 36.7. The van der Waals surface area contributed by atoms with Crippen LogP contribution >= 0.6 is 0 Å². The number of alkyl carbamates (subject to hydrolysis) is 1. The van der Waals surface area contributed by atoms with Gasteiger partial charge in [-0.15, -0.1) is 0 Å². The monoisotopic (exact) mass is 685 g/mol. The maximum atomic E-state index is 14.0. The van der Waals surface area contributed by atoms with Crippen LogP contribution in [0.25, 0.3) is 11.1 Å². The topological polar surface area (TPSA) is 171 Å². The lowest BCUT2D eigenvalue weighted by atomic mass is 10.1. The van der Waals surface area contributed by atoms with Crippen LogP contribution in [0.3, 0.4) is 0 Å². The van der Waals surface area contributed by atoms with Crippen molar-refractivity contribution in [3.05, 3.63) is 84.4 Å². The summed E-state index contributed by atoms with van der Waals surface area (Å²) in [6.45, 7) is 4.55. The van der Waals surface area contributed by atoms with Crippen LogP contribution in [-0.2, 0) is 40.6 Å². The second-order valence-corrected chi connectivity index (χ2v) is 12.6. The van der Waals surface area contributed by atoms with E-state index in [0.717, 1.165) is 49.4 Å². The Morgan fingerprint density at radius 1 is 0.938 bits per heavy atom. The highest BCUT2D eigenvalue weighted by atomic mass is 32.2. The SMILES string of the molecule is COc1ccc(-c2ccc(S(=O)(=O)N(OCCOCCN3CCNCC3)C(CCNC(=O)OCc3ccccc3)C(=O)ON)cc2)cc1. The molecule has 3 aromatic rings. The minimum atomic E-state index is -4.45. The lowest BCUT2D eigenvalue weighted by Gasteiger charge is -2.28. The number of rotatable bonds is 18. The lowest BCUT2D eigenvalue weighted by Crippen LogP contribution is -2.48. The fourth-order valence-corrected chi connectivity index (χ4v) is 6.35. The van der Waals surface area contributed by atoms with Gasteiger partial charge in [0.25, 0.3) is 10.0 Å². The predicted molar refractivity (Wildman–Crippen MR) is 177 cm³/mol. The molecule has 0 spiro atoms. The zero-order valence-corrected chi connectivity index (χ0v) is 27.7. The van der Waals surface area contributed by atoms with Crippen molar-refractivity contribution in [2.45, 2.75) is 24.0 Å². The molecule has 1 amide bonds. The normalized spacial score (nSPS) is 14.3. The summed E-state index contributed by atoms with van der Waals surface area (Å²) in [7, 11) is -2.88. The van der Waals surface area contributed by atoms with Crippen molar-refractivity contribution in [3.8, 4) is 16.9 Å². The van der Waals surface area contributed by atoms with Gasteiger partial charge in [-0.25, -0.2) is 18.0 Å². The van der Waals surface area contributed by atoms with Crippen LogP contribution in [0.4, 0.5) is 4.79 Å². The summed E-state index contributed by atoms with van der Waals surface area (Å²) in [6.07, 6.45) is -0.982. The summed E-state index contributed by atoms with van der Waals surface area (Å²) in [5, 5.41) is 5.82. The fourth-order valence-electron chi connectivity index (χ4n) is 4.92. The summed E-state index contributed by atoms with van der Waals surface area (Å²) in [5.74, 6) is 4.84. The molecule has 0 aliphatic carbocycles. The molecule has 1 aliphatic rings. The molecular weight excluding hydrogens is 642 g/mol. The van der Waals surface area contributed by atoms with Gasteiger partial charge in [0.1, 0.15) is 12.4 Å². The van der Waals surface area contributed by atoms with E-state index in [1.54, 1.807) is 43.5 Å². The molecule has 1 fully saturated rings. The standard InChI is InChI=1S/C33H43N5O9S/c1-43-29-11-7-27(8-12-29)28-9-13-30(14-10-28)48(41,42)38(46-24-23-44-22-21-37-19-17-35-18-20-37)31(32(39)47-34)15-16-36-33(40)45-25-26-5-3-2-4-6-26/h2-14,31,35H,15-25,34H2,1H3,(H,36,40). The number of nitrogens with zero attached hydrogens (tertiary/aromatic N) is 2. The lowest BCUT2D eigenvalue weighted by molar-refractivity contribution is -0.172. The van der Waals surface area contributed by atoms with Crippen molar-refractivity contribution >= 4 is 22.1 Å². The molecular formula is C33H43N5O9S. The number of hydrogen-bond donors (Lipinski definition) is 3. The second-order valence-electron chi connectivity index (χ2n) is 10.8. The third-order valence-corrected chi connectivity index (χ3v) is 9.26. The van der Waals surface area contributed by atoms with Gasteiger partial charge in [0.15, 0.2) is 6.04 Å². The molecule has 15 heteroatoms. The number of sulfonamides is 1. The van der Waals surface area contributed by atoms with E-state index in [-0.39, 0.29) is 37.7 Å². The van der Waals surface area contributed by atoms with Gasteiger partial charge in [0.2, 0.25) is 0 Å². The molecule has 0 radical (unpaired) electrons. The van der Waals surface area contributed by atoms with E-state index in [2.05, 4.69) is 20.4 Å². The number of hydrogen-bond acceptors (Lipinski definition) is 12. The summed E-state index contributed by atoms with van der Waals surface area (Å²) in [6, 6.07) is 21.0. The average Bonchev–Trinajstić information content (AvgIpc) is 3.13. The van der Waals surface area contributed by atoms with Crippen LogP contribution in [0.1, 0.15) is 12.0 Å². The van der Waals surface area contributed by atoms with Crippen molar-refractivity contribution in [1.29, 1.82) is 0 Å². The van der Waals surface area contributed by atoms with Crippen LogP contribution in [0, 0.1) is 0 Å². The number of amides is 1. The fraction of sp³-hybridized carbons (Fsp3) is 0.394. The molecule has 260 valence electrons. The molecule has 0 saturated carbocycles. The number of hydroxylamine groups is 1. The Kier molecular flexibility index (Phi) is 14.6. The van der Waals surface area contributed by atoms with Crippen LogP contribution in [0.15, 0.2) is 83.8 Å². The van der Waals surface area contributed by atoms with Crippen molar-refractivity contribution in [3.63, 3.8) is 0 Å². The Morgan fingerprint density at radius 2 is 1.60 bits per heavy atom. The van der Waals surface area contributed by atoms with Gasteiger partial charge < -0.3 is 29.7 Å². The number of nitrogens with two attached hydrogens (primary N) is 1. The van der Waals surface area contributed by atoms with Gasteiger partial charge in [-0.2, -0.15) is 5.90 Å². The zero-order chi connectivity index (χ0) is 34.2. The first-order valence-corrected chi connectivity index (χ1v) is 17.0. The Labute approximate surface area is 281 Å². The Balaban J connectivity index is 1.44. The van der Waals surface area contributed by atoms with Gasteiger partial charge in [0.05, 0.1) is 31.8 Å². The Morgan fingerprint density at radius 3 is 2.25 bits per heavy atom. The van der Waals surface area contributed by atoms with E-state index in [0.29, 0.717) is 16.8 Å². The molecule has 14 nitrogen and oxygen atoms in total. The van der Waals surface area contributed by atoms with E-state index in [9.17, 15) is 18.0 Å². The molecule has 1 saturated heterocycles. The highest BCUT2D eigenvalue weighted by molar-refractivity contribution is 7.89. The average molecular weight is 686 g/mol. The molecule has 1 unspecified atom stereocenters. The van der Waals surface area contributed by atoms with E-state index in [1.807, 2.05) is 30.3 Å². The molecule has 3 aromatic carbocycles. The highest BCUT2D eigenvalue weighted by Crippen LogP contribution is 2.26. The van der Waals surface area contributed by atoms with Gasteiger partial charge in [-0.1, -0.05) is 59.1 Å². The second kappa shape index (κ2) is 19.0. The first-order valence-electron chi connectivity index (χ1n) is 15.6. The van der Waals surface area contributed by atoms with Crippen LogP contribution in [0.2, 0.25) is 0 Å². The minimum Gasteiger partial charge on any atom is -0.497 e. The number of piperazine rings is 1. The van der Waals surface area contributed by atoms with Crippen LogP contribution in [0.5, 0.6) is 5.75 Å². The predicted octanol–water partition coefficient (Wildman–Crippen LogP) is 2.31. The quantitative estimate of drug-likeness (QED) is 0.132. The van der Waals surface area contributed by atoms with Crippen molar-refractivity contribution in [1.82, 2.24) is 20.0 Å². The van der Waals surface area contributed by atoms with Crippen molar-refractivity contribution in [2.75, 3.05) is 66.2 Å². The molecule has 0 bridgehead atoms. The molecule has 48 heavy (non-hydrogen) atoms. The number of nitrogens with one attached hydrogen (secondary N) is 2. The van der Waals surface area contributed by atoms with E-state index in [4.69, 9.17) is 24.9 Å². The molecule has 0 aromatic heterocycles. The minimum absolute atomic E-state index is 0.0335. The van der Waals surface area contributed by atoms with Gasteiger partial charge in [0, 0.05) is 39.3 Å². The summed E-state index contributed by atoms with van der Waals surface area (Å²) < 4.78 is 44.7. The van der Waals surface area contributed by atoms with Gasteiger partial charge >= 0.3 is 12.1 Å². The zero-order valence-electron chi connectivity index (χ0n) is 26.9. The third-order valence-electron chi connectivity index (χ3n) is 7.56. The molecule has 1 atom stereocenters. The number of methoxy groups -OCH3 is 1. The number of carbonyl (C=O) groups excluding carboxylic acids is 2. The molecule has 1 heterocycles. The maximum absolute atomic E-state index is 14.0. The number of ether oxygens (including phenoxy) is 3. The smallest absolute Gasteiger partial charge is 0.407 e. The van der Waals surface area contributed by atoms with Gasteiger partial charge in [-0.05, 0) is 47.4 Å². The highest BCUT2D eigenvalue weighted by Gasteiger charge is 2.38. The van der Waals surface area contributed by atoms with E-state index >= 15 is 0 Å². The van der Waals surface area contributed by atoms with E-state index in [1.165, 1.54) is 12.1 Å². The van der Waals surface area contributed by atoms with Gasteiger partial charge in [-0.3, -0.25) is 9.74 Å². The van der Waals surface area contributed by atoms with Crippen LogP contribution in [-0.4, -0.2) is 102 Å². The third kappa shape index (κ3) is 11.0. The summed E-state index contributed by atoms with van der Waals surface area (Å²) >= 11 is 0. The van der Waals surface area contributed by atoms with Crippen molar-refractivity contribution in [2.24, 2.45) is 5.90 Å². The maximum Gasteiger partial charge on any atom is 0.407 e. The van der Waals surface area contributed by atoms with Crippen molar-refractivity contribution < 1.29 is 41.9 Å². The Hall–Kier alpha value is -4.09. The largest absolute Gasteiger partial charge is 0.497 e. The molecule has 1 aliphatic heterocycles. The first-order chi connectivity index (χ1) is 23.3. The molecule has 4 rings (SSSR count). The van der Waals surface area contributed by atoms with Crippen LogP contribution < -0.4 is 21.3 Å². The molecule has 4 N–H and O–H groups in total. The number of benzene rings is 3. The summed E-state index contributed by atoms with van der Waals surface area (Å²) in [4.78, 5) is 37.5.